The van der Waals surface area contributed by atoms with Crippen molar-refractivity contribution in [3.63, 3.8) is 0 Å². The molecule has 3 nitrogen and oxygen atoms in total. The zero-order chi connectivity index (χ0) is 18.4. The molecule has 0 saturated carbocycles. The molecule has 0 radical (unpaired) electrons. The van der Waals surface area contributed by atoms with Crippen molar-refractivity contribution in [3.8, 4) is 5.75 Å². The Morgan fingerprint density at radius 3 is 2.63 bits per heavy atom. The summed E-state index contributed by atoms with van der Waals surface area (Å²) in [5, 5.41) is 7.13. The van der Waals surface area contributed by atoms with Gasteiger partial charge in [-0.1, -0.05) is 76.1 Å². The molecule has 0 unspecified atom stereocenters. The summed E-state index contributed by atoms with van der Waals surface area (Å²) in [5.74, 6) is 0.948. The van der Waals surface area contributed by atoms with E-state index < -0.39 is 0 Å². The maximum atomic E-state index is 6.39. The number of halogens is 1. The molecule has 0 aliphatic carbocycles. The minimum absolute atomic E-state index is 0.190. The summed E-state index contributed by atoms with van der Waals surface area (Å²) in [7, 11) is 0. The first-order valence-electron chi connectivity index (χ1n) is 9.13. The van der Waals surface area contributed by atoms with E-state index in [2.05, 4.69) is 82.5 Å². The Morgan fingerprint density at radius 2 is 1.81 bits per heavy atom. The Morgan fingerprint density at radius 1 is 1.00 bits per heavy atom. The third kappa shape index (κ3) is 2.94. The van der Waals surface area contributed by atoms with Gasteiger partial charge in [0, 0.05) is 22.0 Å². The summed E-state index contributed by atoms with van der Waals surface area (Å²) < 4.78 is 7.43. The molecule has 0 bridgehead atoms. The summed E-state index contributed by atoms with van der Waals surface area (Å²) >= 11 is 3.58. The lowest BCUT2D eigenvalue weighted by molar-refractivity contribution is -0.0190. The molecule has 0 aromatic heterocycles. The monoisotopic (exact) mass is 418 g/mol. The summed E-state index contributed by atoms with van der Waals surface area (Å²) in [5.41, 5.74) is 5.85. The lowest BCUT2D eigenvalue weighted by Crippen LogP contribution is -2.33. The second-order valence-electron chi connectivity index (χ2n) is 7.08. The van der Waals surface area contributed by atoms with Crippen molar-refractivity contribution >= 4 is 21.6 Å². The van der Waals surface area contributed by atoms with Crippen LogP contribution in [0, 0.1) is 6.92 Å². The average molecular weight is 419 g/mol. The number of ether oxygens (including phenoxy) is 1. The van der Waals surface area contributed by atoms with E-state index in [1.165, 1.54) is 16.7 Å². The molecule has 4 heteroatoms. The van der Waals surface area contributed by atoms with E-state index in [-0.39, 0.29) is 12.3 Å². The van der Waals surface area contributed by atoms with Crippen molar-refractivity contribution in [3.05, 3.63) is 99.5 Å². The Hall–Kier alpha value is -2.59. The predicted molar refractivity (Wildman–Crippen MR) is 111 cm³/mol. The number of nitrogens with zero attached hydrogens (tertiary/aromatic N) is 2. The molecule has 27 heavy (non-hydrogen) atoms. The topological polar surface area (TPSA) is 24.8 Å². The number of benzene rings is 3. The summed E-state index contributed by atoms with van der Waals surface area (Å²) in [6, 6.07) is 25.4. The van der Waals surface area contributed by atoms with Crippen molar-refractivity contribution in [2.24, 2.45) is 5.10 Å². The molecule has 2 aliphatic rings. The van der Waals surface area contributed by atoms with Gasteiger partial charge in [-0.2, -0.15) is 5.10 Å². The molecule has 0 fully saturated rings. The Balaban J connectivity index is 1.60. The highest BCUT2D eigenvalue weighted by atomic mass is 79.9. The van der Waals surface area contributed by atoms with E-state index in [4.69, 9.17) is 9.84 Å². The van der Waals surface area contributed by atoms with Gasteiger partial charge in [0.15, 0.2) is 0 Å². The van der Waals surface area contributed by atoms with Crippen molar-refractivity contribution in [1.29, 1.82) is 0 Å². The summed E-state index contributed by atoms with van der Waals surface area (Å²) in [4.78, 5) is 0. The van der Waals surface area contributed by atoms with Crippen molar-refractivity contribution < 1.29 is 4.74 Å². The van der Waals surface area contributed by atoms with Crippen LogP contribution in [0.4, 0.5) is 0 Å². The number of rotatable bonds is 2. The van der Waals surface area contributed by atoms with Gasteiger partial charge in [0.2, 0.25) is 6.23 Å². The van der Waals surface area contributed by atoms with Crippen LogP contribution in [0.5, 0.6) is 5.75 Å². The lowest BCUT2D eigenvalue weighted by atomic mass is 9.95. The highest BCUT2D eigenvalue weighted by molar-refractivity contribution is 9.10. The minimum atomic E-state index is -0.231. The zero-order valence-corrected chi connectivity index (χ0v) is 16.6. The highest BCUT2D eigenvalue weighted by Gasteiger charge is 2.40. The van der Waals surface area contributed by atoms with Gasteiger partial charge >= 0.3 is 0 Å². The number of hydrazone groups is 1. The van der Waals surface area contributed by atoms with Crippen LogP contribution in [-0.4, -0.2) is 10.7 Å². The molecule has 3 aromatic carbocycles. The number of hydrogen-bond donors (Lipinski definition) is 0. The van der Waals surface area contributed by atoms with Crippen LogP contribution >= 0.6 is 15.9 Å². The third-order valence-corrected chi connectivity index (χ3v) is 5.71. The number of hydrogen-bond acceptors (Lipinski definition) is 3. The van der Waals surface area contributed by atoms with Gasteiger partial charge in [0.05, 0.1) is 11.8 Å². The van der Waals surface area contributed by atoms with Gasteiger partial charge in [-0.15, -0.1) is 0 Å². The van der Waals surface area contributed by atoms with Crippen LogP contribution in [0.2, 0.25) is 0 Å². The molecule has 2 heterocycles. The Kier molecular flexibility index (Phi) is 4.01. The molecular formula is C23H19BrN2O. The van der Waals surface area contributed by atoms with Gasteiger partial charge in [0.25, 0.3) is 0 Å². The van der Waals surface area contributed by atoms with Crippen LogP contribution < -0.4 is 4.74 Å². The first-order valence-corrected chi connectivity index (χ1v) is 9.92. The average Bonchev–Trinajstić information content (AvgIpc) is 3.13. The minimum Gasteiger partial charge on any atom is -0.464 e. The molecule has 0 spiro atoms. The maximum absolute atomic E-state index is 6.39. The Bertz CT molecular complexity index is 1030. The fourth-order valence-corrected chi connectivity index (χ4v) is 4.25. The largest absolute Gasteiger partial charge is 0.464 e. The smallest absolute Gasteiger partial charge is 0.213 e. The second kappa shape index (κ2) is 6.54. The molecule has 0 N–H and O–H groups in total. The molecule has 0 amide bonds. The molecule has 0 saturated heterocycles. The van der Waals surface area contributed by atoms with E-state index in [0.717, 1.165) is 27.9 Å². The first-order chi connectivity index (χ1) is 13.2. The molecule has 3 aromatic rings. The van der Waals surface area contributed by atoms with Gasteiger partial charge in [-0.25, -0.2) is 5.01 Å². The van der Waals surface area contributed by atoms with Crippen molar-refractivity contribution in [2.75, 3.05) is 0 Å². The highest BCUT2D eigenvalue weighted by Crippen LogP contribution is 2.47. The zero-order valence-electron chi connectivity index (χ0n) is 15.0. The van der Waals surface area contributed by atoms with E-state index in [1.54, 1.807) is 0 Å². The van der Waals surface area contributed by atoms with Crippen LogP contribution in [0.1, 0.15) is 40.9 Å². The molecule has 2 atom stereocenters. The lowest BCUT2D eigenvalue weighted by Gasteiger charge is -2.38. The second-order valence-corrected chi connectivity index (χ2v) is 7.99. The van der Waals surface area contributed by atoms with Crippen LogP contribution in [0.25, 0.3) is 0 Å². The number of para-hydroxylation sites is 1. The Labute approximate surface area is 167 Å². The SMILES string of the molecule is Cc1ccc(C2=NN3[C@@H](c4cccc(Br)c4)Oc4ccccc4[C@@H]3C2)cc1. The van der Waals surface area contributed by atoms with Gasteiger partial charge < -0.3 is 4.74 Å². The van der Waals surface area contributed by atoms with Crippen LogP contribution in [0.3, 0.4) is 0 Å². The fourth-order valence-electron chi connectivity index (χ4n) is 3.83. The van der Waals surface area contributed by atoms with E-state index in [9.17, 15) is 0 Å². The van der Waals surface area contributed by atoms with Crippen LogP contribution in [0.15, 0.2) is 82.4 Å². The molecule has 2 aliphatic heterocycles. The van der Waals surface area contributed by atoms with E-state index in [1.807, 2.05) is 18.2 Å². The maximum Gasteiger partial charge on any atom is 0.213 e. The summed E-state index contributed by atoms with van der Waals surface area (Å²) in [6.45, 7) is 2.11. The molecule has 134 valence electrons. The first kappa shape index (κ1) is 16.6. The van der Waals surface area contributed by atoms with E-state index in [0.29, 0.717) is 0 Å². The third-order valence-electron chi connectivity index (χ3n) is 5.22. The quantitative estimate of drug-likeness (QED) is 0.509. The van der Waals surface area contributed by atoms with Gasteiger partial charge in [-0.05, 0) is 30.7 Å². The van der Waals surface area contributed by atoms with Gasteiger partial charge in [-0.3, -0.25) is 0 Å². The van der Waals surface area contributed by atoms with Crippen LogP contribution in [-0.2, 0) is 0 Å². The summed E-state index contributed by atoms with van der Waals surface area (Å²) in [6.07, 6.45) is 0.652. The van der Waals surface area contributed by atoms with Crippen molar-refractivity contribution in [2.45, 2.75) is 25.6 Å². The fraction of sp³-hybridized carbons (Fsp3) is 0.174. The predicted octanol–water partition coefficient (Wildman–Crippen LogP) is 6.00. The van der Waals surface area contributed by atoms with Crippen molar-refractivity contribution in [1.82, 2.24) is 5.01 Å². The number of aryl methyl sites for hydroxylation is 1. The number of fused-ring (bicyclic) bond motifs is 3. The molecule has 5 rings (SSSR count). The standard InChI is InChI=1S/C23H19BrN2O/c1-15-9-11-16(12-10-15)20-14-21-19-7-2-3-8-22(19)27-23(26(21)25-20)17-5-4-6-18(24)13-17/h2-13,21,23H,14H2,1H3/t21-,23+/m0/s1. The van der Waals surface area contributed by atoms with E-state index >= 15 is 0 Å². The van der Waals surface area contributed by atoms with Gasteiger partial charge in [0.1, 0.15) is 5.75 Å². The molecular weight excluding hydrogens is 400 g/mol. The normalized spacial score (nSPS) is 20.5.